The number of carboxylic acids is 1. The average molecular weight is 316 g/mol. The van der Waals surface area contributed by atoms with Gasteiger partial charge in [0, 0.05) is 37.5 Å². The first-order valence-electron chi connectivity index (χ1n) is 7.16. The van der Waals surface area contributed by atoms with Crippen LogP contribution in [0.5, 0.6) is 5.95 Å². The fourth-order valence-corrected chi connectivity index (χ4v) is 2.85. The van der Waals surface area contributed by atoms with Crippen molar-refractivity contribution in [3.05, 3.63) is 48.0 Å². The summed E-state index contributed by atoms with van der Waals surface area (Å²) in [7, 11) is 1.45. The summed E-state index contributed by atoms with van der Waals surface area (Å²) in [6, 6.07) is 6.67. The minimum absolute atomic E-state index is 0.136. The number of pyridine rings is 1. The molecule has 7 nitrogen and oxygen atoms in total. The van der Waals surface area contributed by atoms with Gasteiger partial charge in [0.15, 0.2) is 5.76 Å². The summed E-state index contributed by atoms with van der Waals surface area (Å²) in [6.45, 7) is 0.446. The van der Waals surface area contributed by atoms with Crippen molar-refractivity contribution in [2.45, 2.75) is 5.92 Å². The van der Waals surface area contributed by atoms with Crippen LogP contribution in [0.1, 0.15) is 22.0 Å². The third kappa shape index (κ3) is 2.90. The Morgan fingerprint density at radius 1 is 1.35 bits per heavy atom. The summed E-state index contributed by atoms with van der Waals surface area (Å²) in [5.41, 5.74) is 0.812. The van der Waals surface area contributed by atoms with Crippen LogP contribution in [0, 0.1) is 5.92 Å². The molecule has 3 heterocycles. The molecular weight excluding hydrogens is 300 g/mol. The molecule has 2 atom stereocenters. The highest BCUT2D eigenvalue weighted by Crippen LogP contribution is 2.33. The van der Waals surface area contributed by atoms with E-state index in [0.717, 1.165) is 5.56 Å². The Balaban J connectivity index is 1.82. The summed E-state index contributed by atoms with van der Waals surface area (Å²) in [4.78, 5) is 29.6. The van der Waals surface area contributed by atoms with E-state index in [-0.39, 0.29) is 30.1 Å². The zero-order valence-electron chi connectivity index (χ0n) is 12.5. The number of amides is 1. The number of aliphatic carboxylic acids is 1. The Kier molecular flexibility index (Phi) is 4.01. The number of aromatic nitrogens is 1. The zero-order valence-corrected chi connectivity index (χ0v) is 12.5. The molecule has 1 aliphatic rings. The molecule has 0 saturated carbocycles. The maximum Gasteiger partial charge on any atom is 0.308 e. The molecule has 0 aromatic carbocycles. The Morgan fingerprint density at radius 2 is 2.17 bits per heavy atom. The second kappa shape index (κ2) is 6.12. The van der Waals surface area contributed by atoms with Crippen molar-refractivity contribution in [2.75, 3.05) is 20.2 Å². The van der Waals surface area contributed by atoms with Gasteiger partial charge in [-0.25, -0.2) is 0 Å². The van der Waals surface area contributed by atoms with Gasteiger partial charge in [-0.05, 0) is 17.7 Å². The van der Waals surface area contributed by atoms with Crippen LogP contribution in [0.4, 0.5) is 0 Å². The van der Waals surface area contributed by atoms with E-state index in [1.807, 2.05) is 6.07 Å². The second-order valence-corrected chi connectivity index (χ2v) is 5.37. The third-order valence-corrected chi connectivity index (χ3v) is 4.03. The van der Waals surface area contributed by atoms with Crippen molar-refractivity contribution in [2.24, 2.45) is 5.92 Å². The molecular formula is C16H16N2O5. The van der Waals surface area contributed by atoms with E-state index in [9.17, 15) is 14.7 Å². The van der Waals surface area contributed by atoms with Gasteiger partial charge in [0.25, 0.3) is 11.9 Å². The molecule has 1 N–H and O–H groups in total. The minimum Gasteiger partial charge on any atom is -0.481 e. The number of rotatable bonds is 4. The highest BCUT2D eigenvalue weighted by Gasteiger charge is 2.41. The standard InChI is InChI=1S/C16H16N2O5/c1-22-14-5-4-13(23-14)15(19)18-8-11(12(9-18)16(20)21)10-3-2-6-17-7-10/h2-7,11-12H,8-9H2,1H3,(H,20,21)/t11-,12+/m1/s1. The summed E-state index contributed by atoms with van der Waals surface area (Å²) in [5, 5.41) is 9.46. The molecule has 2 aromatic rings. The molecule has 23 heavy (non-hydrogen) atoms. The Bertz CT molecular complexity index is 712. The number of furan rings is 1. The summed E-state index contributed by atoms with van der Waals surface area (Å²) in [5.74, 6) is -1.84. The smallest absolute Gasteiger partial charge is 0.308 e. The summed E-state index contributed by atoms with van der Waals surface area (Å²) < 4.78 is 10.2. The zero-order chi connectivity index (χ0) is 16.4. The second-order valence-electron chi connectivity index (χ2n) is 5.37. The van der Waals surface area contributed by atoms with Crippen molar-refractivity contribution in [3.8, 4) is 5.95 Å². The number of nitrogens with zero attached hydrogens (tertiary/aromatic N) is 2. The van der Waals surface area contributed by atoms with Crippen molar-refractivity contribution in [1.82, 2.24) is 9.88 Å². The number of carbonyl (C=O) groups excluding carboxylic acids is 1. The molecule has 2 aromatic heterocycles. The molecule has 1 fully saturated rings. The maximum atomic E-state index is 12.5. The lowest BCUT2D eigenvalue weighted by molar-refractivity contribution is -0.141. The first-order valence-corrected chi connectivity index (χ1v) is 7.16. The van der Waals surface area contributed by atoms with Gasteiger partial charge in [-0.1, -0.05) is 6.07 Å². The van der Waals surface area contributed by atoms with E-state index in [1.54, 1.807) is 24.5 Å². The van der Waals surface area contributed by atoms with E-state index in [2.05, 4.69) is 4.98 Å². The van der Waals surface area contributed by atoms with Crippen molar-refractivity contribution in [1.29, 1.82) is 0 Å². The molecule has 1 saturated heterocycles. The largest absolute Gasteiger partial charge is 0.481 e. The molecule has 1 aliphatic heterocycles. The van der Waals surface area contributed by atoms with Crippen LogP contribution >= 0.6 is 0 Å². The molecule has 7 heteroatoms. The average Bonchev–Trinajstić information content (AvgIpc) is 3.22. The van der Waals surface area contributed by atoms with Gasteiger partial charge >= 0.3 is 5.97 Å². The summed E-state index contributed by atoms with van der Waals surface area (Å²) >= 11 is 0. The maximum absolute atomic E-state index is 12.5. The van der Waals surface area contributed by atoms with Gasteiger partial charge in [0.1, 0.15) is 0 Å². The number of carboxylic acid groups (broad SMARTS) is 1. The summed E-state index contributed by atoms with van der Waals surface area (Å²) in [6.07, 6.45) is 3.27. The highest BCUT2D eigenvalue weighted by molar-refractivity contribution is 5.92. The number of hydrogen-bond donors (Lipinski definition) is 1. The van der Waals surface area contributed by atoms with Gasteiger partial charge in [0.2, 0.25) is 0 Å². The predicted octanol–water partition coefficient (Wildman–Crippen LogP) is 1.62. The van der Waals surface area contributed by atoms with Crippen molar-refractivity contribution in [3.63, 3.8) is 0 Å². The molecule has 120 valence electrons. The predicted molar refractivity (Wildman–Crippen MR) is 79.3 cm³/mol. The van der Waals surface area contributed by atoms with E-state index in [4.69, 9.17) is 9.15 Å². The molecule has 0 aliphatic carbocycles. The van der Waals surface area contributed by atoms with E-state index in [0.29, 0.717) is 6.54 Å². The fraction of sp³-hybridized carbons (Fsp3) is 0.312. The van der Waals surface area contributed by atoms with Crippen LogP contribution in [0.15, 0.2) is 41.1 Å². The minimum atomic E-state index is -0.925. The quantitative estimate of drug-likeness (QED) is 0.921. The van der Waals surface area contributed by atoms with Gasteiger partial charge in [0.05, 0.1) is 13.0 Å². The number of ether oxygens (including phenoxy) is 1. The van der Waals surface area contributed by atoms with E-state index < -0.39 is 11.9 Å². The number of hydrogen-bond acceptors (Lipinski definition) is 5. The molecule has 0 unspecified atom stereocenters. The van der Waals surface area contributed by atoms with Gasteiger partial charge < -0.3 is 19.2 Å². The van der Waals surface area contributed by atoms with Gasteiger partial charge in [-0.2, -0.15) is 0 Å². The van der Waals surface area contributed by atoms with Crippen LogP contribution in [0.3, 0.4) is 0 Å². The number of carbonyl (C=O) groups is 2. The number of methoxy groups -OCH3 is 1. The molecule has 0 spiro atoms. The van der Waals surface area contributed by atoms with Crippen LogP contribution in [-0.4, -0.2) is 47.1 Å². The van der Waals surface area contributed by atoms with Crippen LogP contribution < -0.4 is 4.74 Å². The van der Waals surface area contributed by atoms with Crippen LogP contribution in [0.25, 0.3) is 0 Å². The monoisotopic (exact) mass is 316 g/mol. The Morgan fingerprint density at radius 3 is 2.78 bits per heavy atom. The number of likely N-dealkylation sites (tertiary alicyclic amines) is 1. The fourth-order valence-electron chi connectivity index (χ4n) is 2.85. The SMILES string of the molecule is COc1ccc(C(=O)N2C[C@H](C(=O)O)[C@@H](c3cccnc3)C2)o1. The lowest BCUT2D eigenvalue weighted by Crippen LogP contribution is -2.29. The molecule has 0 bridgehead atoms. The van der Waals surface area contributed by atoms with E-state index >= 15 is 0 Å². The van der Waals surface area contributed by atoms with Gasteiger partial charge in [-0.15, -0.1) is 0 Å². The topological polar surface area (TPSA) is 92.9 Å². The normalized spacial score (nSPS) is 20.5. The van der Waals surface area contributed by atoms with Crippen LogP contribution in [0.2, 0.25) is 0 Å². The van der Waals surface area contributed by atoms with Crippen molar-refractivity contribution < 1.29 is 23.8 Å². The molecule has 3 rings (SSSR count). The van der Waals surface area contributed by atoms with Gasteiger partial charge in [-0.3, -0.25) is 14.6 Å². The Hall–Kier alpha value is -2.83. The first-order chi connectivity index (χ1) is 11.1. The molecule has 0 radical (unpaired) electrons. The van der Waals surface area contributed by atoms with E-state index in [1.165, 1.54) is 18.1 Å². The molecule has 1 amide bonds. The lowest BCUT2D eigenvalue weighted by Gasteiger charge is -2.15. The highest BCUT2D eigenvalue weighted by atomic mass is 16.6. The third-order valence-electron chi connectivity index (χ3n) is 4.03. The van der Waals surface area contributed by atoms with Crippen molar-refractivity contribution >= 4 is 11.9 Å². The Labute approximate surface area is 132 Å². The van der Waals surface area contributed by atoms with Crippen LogP contribution in [-0.2, 0) is 4.79 Å². The first kappa shape index (κ1) is 15.1. The lowest BCUT2D eigenvalue weighted by atomic mass is 9.90.